The van der Waals surface area contributed by atoms with Crippen LogP contribution >= 0.6 is 11.3 Å². The molecule has 12 heteroatoms. The molecule has 0 aliphatic heterocycles. The van der Waals surface area contributed by atoms with Crippen LogP contribution in [0.15, 0.2) is 18.3 Å². The van der Waals surface area contributed by atoms with E-state index in [0.29, 0.717) is 22.7 Å². The molecule has 0 saturated carbocycles. The van der Waals surface area contributed by atoms with Crippen molar-refractivity contribution in [2.45, 2.75) is 26.6 Å². The van der Waals surface area contributed by atoms with Gasteiger partial charge in [0.05, 0.1) is 28.5 Å². The molecule has 9 nitrogen and oxygen atoms in total. The molecule has 0 aliphatic rings. The fourth-order valence-corrected chi connectivity index (χ4v) is 4.07. The van der Waals surface area contributed by atoms with Gasteiger partial charge in [-0.2, -0.15) is 4.39 Å². The molecule has 3 rings (SSSR count). The Hall–Kier alpha value is -3.12. The van der Waals surface area contributed by atoms with Crippen LogP contribution in [-0.2, 0) is 0 Å². The van der Waals surface area contributed by atoms with E-state index >= 15 is 0 Å². The molecule has 3 aromatic heterocycles. The Balaban J connectivity index is 1.96. The van der Waals surface area contributed by atoms with Gasteiger partial charge in [0.15, 0.2) is 5.75 Å². The van der Waals surface area contributed by atoms with Gasteiger partial charge >= 0.3 is 0 Å². The minimum absolute atomic E-state index is 0.186. The van der Waals surface area contributed by atoms with Crippen molar-refractivity contribution in [2.75, 3.05) is 25.8 Å². The van der Waals surface area contributed by atoms with Crippen LogP contribution in [0.1, 0.15) is 16.1 Å². The Labute approximate surface area is 190 Å². The Morgan fingerprint density at radius 3 is 2.59 bits per heavy atom. The van der Waals surface area contributed by atoms with E-state index in [1.165, 1.54) is 20.4 Å². The van der Waals surface area contributed by atoms with E-state index in [0.717, 1.165) is 11.3 Å². The molecule has 3 aromatic rings. The van der Waals surface area contributed by atoms with E-state index in [2.05, 4.69) is 45.1 Å². The maximum absolute atomic E-state index is 14.9. The van der Waals surface area contributed by atoms with Gasteiger partial charge in [0, 0.05) is 23.0 Å². The third-order valence-electron chi connectivity index (χ3n) is 4.15. The minimum Gasteiger partial charge on any atom is -0.491 e. The number of halogens is 1. The maximum atomic E-state index is 14.9. The molecule has 3 heterocycles. The van der Waals surface area contributed by atoms with Crippen molar-refractivity contribution in [2.24, 2.45) is 0 Å². The molecular weight excluding hydrogens is 453 g/mol. The number of pyridine rings is 2. The van der Waals surface area contributed by atoms with Crippen LogP contribution in [0.4, 0.5) is 9.52 Å². The second-order valence-electron chi connectivity index (χ2n) is 8.05. The minimum atomic E-state index is -1.45. The number of nitrogens with one attached hydrogen (secondary N) is 1. The van der Waals surface area contributed by atoms with Crippen LogP contribution in [0.2, 0.25) is 19.6 Å². The van der Waals surface area contributed by atoms with Crippen molar-refractivity contribution in [3.05, 3.63) is 35.5 Å². The van der Waals surface area contributed by atoms with Crippen LogP contribution in [-0.4, -0.2) is 54.6 Å². The number of carbonyl (C=O) groups is 1. The van der Waals surface area contributed by atoms with Crippen LogP contribution in [0.5, 0.6) is 16.8 Å². The third-order valence-corrected chi connectivity index (χ3v) is 5.91. The van der Waals surface area contributed by atoms with Gasteiger partial charge in [-0.3, -0.25) is 10.1 Å². The van der Waals surface area contributed by atoms with E-state index in [9.17, 15) is 9.18 Å². The largest absolute Gasteiger partial charge is 0.491 e. The highest BCUT2D eigenvalue weighted by Crippen LogP contribution is 2.38. The van der Waals surface area contributed by atoms with E-state index in [-0.39, 0.29) is 27.9 Å². The number of aromatic nitrogens is 4. The Morgan fingerprint density at radius 2 is 1.94 bits per heavy atom. The molecule has 0 fully saturated rings. The van der Waals surface area contributed by atoms with E-state index in [4.69, 9.17) is 14.2 Å². The summed E-state index contributed by atoms with van der Waals surface area (Å²) in [5, 5.41) is 11.0. The summed E-state index contributed by atoms with van der Waals surface area (Å²) in [7, 11) is 1.44. The molecule has 1 amide bonds. The fourth-order valence-electron chi connectivity index (χ4n) is 2.80. The van der Waals surface area contributed by atoms with Gasteiger partial charge < -0.3 is 14.2 Å². The number of rotatable bonds is 8. The molecule has 1 N–H and O–H groups in total. The van der Waals surface area contributed by atoms with Crippen molar-refractivity contribution >= 4 is 30.4 Å². The van der Waals surface area contributed by atoms with Crippen molar-refractivity contribution in [1.82, 2.24) is 20.2 Å². The van der Waals surface area contributed by atoms with Gasteiger partial charge in [-0.15, -0.1) is 5.10 Å². The molecular formula is C20H24FN5O4SSi. The second-order valence-corrected chi connectivity index (χ2v) is 14.4. The number of ether oxygens (including phenoxy) is 3. The summed E-state index contributed by atoms with van der Waals surface area (Å²) >= 11 is 1.07. The summed E-state index contributed by atoms with van der Waals surface area (Å²) in [4.78, 5) is 21.0. The summed E-state index contributed by atoms with van der Waals surface area (Å²) in [6.07, 6.45) is 2.05. The fraction of sp³-hybridized carbons (Fsp3) is 0.350. The molecule has 170 valence electrons. The zero-order chi connectivity index (χ0) is 23.5. The first kappa shape index (κ1) is 23.5. The molecule has 0 atom stereocenters. The number of carbonyl (C=O) groups excluding carboxylic acids is 1. The lowest BCUT2D eigenvalue weighted by molar-refractivity contribution is 0.102. The first-order valence-electron chi connectivity index (χ1n) is 9.65. The number of anilines is 1. The van der Waals surface area contributed by atoms with Crippen molar-refractivity contribution < 1.29 is 23.4 Å². The summed E-state index contributed by atoms with van der Waals surface area (Å²) in [6.45, 7) is 8.11. The van der Waals surface area contributed by atoms with Crippen LogP contribution in [0, 0.1) is 12.9 Å². The molecule has 0 unspecified atom stereocenters. The lowest BCUT2D eigenvalue weighted by Crippen LogP contribution is -2.29. The summed E-state index contributed by atoms with van der Waals surface area (Å²) in [5.41, 5.74) is 0.849. The average Bonchev–Trinajstić information content (AvgIpc) is 3.17. The van der Waals surface area contributed by atoms with Gasteiger partial charge in [-0.05, 0) is 30.4 Å². The van der Waals surface area contributed by atoms with Crippen molar-refractivity contribution in [3.8, 4) is 28.0 Å². The Morgan fingerprint density at radius 1 is 1.19 bits per heavy atom. The van der Waals surface area contributed by atoms with Crippen LogP contribution in [0.3, 0.4) is 0 Å². The number of hydrogen-bond donors (Lipinski definition) is 1. The average molecular weight is 478 g/mol. The number of nitrogens with zero attached hydrogens (tertiary/aromatic N) is 4. The Bertz CT molecular complexity index is 1140. The molecule has 0 aromatic carbocycles. The van der Waals surface area contributed by atoms with Gasteiger partial charge in [0.2, 0.25) is 11.1 Å². The van der Waals surface area contributed by atoms with E-state index in [1.807, 2.05) is 0 Å². The van der Waals surface area contributed by atoms with Crippen LogP contribution < -0.4 is 19.5 Å². The normalized spacial score (nSPS) is 11.2. The highest BCUT2D eigenvalue weighted by atomic mass is 32.1. The van der Waals surface area contributed by atoms with E-state index < -0.39 is 19.9 Å². The first-order valence-corrected chi connectivity index (χ1v) is 14.2. The maximum Gasteiger partial charge on any atom is 0.295 e. The highest BCUT2D eigenvalue weighted by molar-refractivity contribution is 7.17. The monoisotopic (exact) mass is 477 g/mol. The summed E-state index contributed by atoms with van der Waals surface area (Å²) in [5.74, 6) is -1.17. The predicted octanol–water partition coefficient (Wildman–Crippen LogP) is 3.97. The number of amides is 1. The molecule has 0 saturated heterocycles. The smallest absolute Gasteiger partial charge is 0.295 e. The summed E-state index contributed by atoms with van der Waals surface area (Å²) < 4.78 is 31.2. The quantitative estimate of drug-likeness (QED) is 0.384. The molecule has 32 heavy (non-hydrogen) atoms. The second kappa shape index (κ2) is 9.57. The van der Waals surface area contributed by atoms with Gasteiger partial charge in [-0.25, -0.2) is 9.97 Å². The molecule has 0 radical (unpaired) electrons. The van der Waals surface area contributed by atoms with E-state index in [1.54, 1.807) is 19.1 Å². The highest BCUT2D eigenvalue weighted by Gasteiger charge is 2.25. The van der Waals surface area contributed by atoms with Crippen molar-refractivity contribution in [1.29, 1.82) is 0 Å². The van der Waals surface area contributed by atoms with Crippen molar-refractivity contribution in [3.63, 3.8) is 0 Å². The predicted molar refractivity (Wildman–Crippen MR) is 122 cm³/mol. The van der Waals surface area contributed by atoms with Crippen LogP contribution in [0.25, 0.3) is 11.1 Å². The lowest BCUT2D eigenvalue weighted by atomic mass is 9.99. The van der Waals surface area contributed by atoms with Gasteiger partial charge in [-0.1, -0.05) is 24.7 Å². The zero-order valence-electron chi connectivity index (χ0n) is 18.6. The third kappa shape index (κ3) is 5.37. The number of methoxy groups -OCH3 is 2. The lowest BCUT2D eigenvalue weighted by Gasteiger charge is -2.15. The standard InChI is InChI=1S/C20H24FN5O4SSi/c1-11-9-13(12-7-8-22-18(29-3)15(12)28-2)14(16(21)23-11)17(27)24-19-25-26-20(31-19)30-10-32(4,5)6/h7-9H,10H2,1-6H3,(H,24,25,27). The van der Waals surface area contributed by atoms with Gasteiger partial charge in [0.25, 0.3) is 17.0 Å². The molecule has 0 bridgehead atoms. The number of hydrogen-bond acceptors (Lipinski definition) is 9. The topological polar surface area (TPSA) is 108 Å². The first-order chi connectivity index (χ1) is 15.1. The molecule has 0 aliphatic carbocycles. The zero-order valence-corrected chi connectivity index (χ0v) is 20.5. The van der Waals surface area contributed by atoms with Gasteiger partial charge in [0.1, 0.15) is 5.56 Å². The Kier molecular flexibility index (Phi) is 7.04. The molecule has 0 spiro atoms. The SMILES string of the molecule is COc1nccc(-c2cc(C)nc(F)c2C(=O)Nc2nnc(OC[Si](C)(C)C)s2)c1OC. The number of aryl methyl sites for hydroxylation is 1. The summed E-state index contributed by atoms with van der Waals surface area (Å²) in [6, 6.07) is 3.21.